The molecule has 25 heavy (non-hydrogen) atoms. The fourth-order valence-corrected chi connectivity index (χ4v) is 2.05. The Morgan fingerprint density at radius 2 is 1.80 bits per heavy atom. The van der Waals surface area contributed by atoms with Crippen molar-refractivity contribution in [2.75, 3.05) is 13.2 Å². The first kappa shape index (κ1) is 18.2. The average molecular weight is 341 g/mol. The number of rotatable bonds is 9. The molecule has 0 amide bonds. The van der Waals surface area contributed by atoms with Crippen LogP contribution >= 0.6 is 0 Å². The molecule has 1 heterocycles. The van der Waals surface area contributed by atoms with Crippen LogP contribution in [0.3, 0.4) is 0 Å². The molecule has 130 valence electrons. The highest BCUT2D eigenvalue weighted by molar-refractivity contribution is 5.88. The minimum atomic E-state index is -0.956. The maximum atomic E-state index is 10.9. The molecule has 0 atom stereocenters. The minimum absolute atomic E-state index is 0.238. The molecule has 0 saturated heterocycles. The fourth-order valence-electron chi connectivity index (χ4n) is 2.05. The van der Waals surface area contributed by atoms with Gasteiger partial charge in [-0.3, -0.25) is 4.98 Å². The molecule has 0 radical (unpaired) electrons. The molecule has 0 aliphatic heterocycles. The molecular formula is C19H19NO5. The summed E-state index contributed by atoms with van der Waals surface area (Å²) in [6.07, 6.45) is 4.22. The van der Waals surface area contributed by atoms with Gasteiger partial charge >= 0.3 is 11.9 Å². The van der Waals surface area contributed by atoms with E-state index in [-0.39, 0.29) is 5.56 Å². The summed E-state index contributed by atoms with van der Waals surface area (Å²) in [6, 6.07) is 10.2. The molecule has 0 aliphatic carbocycles. The minimum Gasteiger partial charge on any atom is -0.492 e. The number of pyridine rings is 1. The molecule has 6 heteroatoms. The monoisotopic (exact) mass is 341 g/mol. The number of carboxylic acid groups (broad SMARTS) is 1. The smallest absolute Gasteiger partial charge is 0.335 e. The van der Waals surface area contributed by atoms with Gasteiger partial charge in [-0.05, 0) is 37.1 Å². The fraction of sp³-hybridized carbons (Fsp3) is 0.211. The summed E-state index contributed by atoms with van der Waals surface area (Å²) in [7, 11) is 0. The molecule has 6 nitrogen and oxygen atoms in total. The van der Waals surface area contributed by atoms with Gasteiger partial charge in [0.25, 0.3) is 0 Å². The Morgan fingerprint density at radius 1 is 1.08 bits per heavy atom. The normalized spacial score (nSPS) is 10.1. The number of unbranched alkanes of at least 4 members (excludes halogenated alkanes) is 1. The third kappa shape index (κ3) is 5.76. The first-order valence-corrected chi connectivity index (χ1v) is 7.82. The number of hydrogen-bond acceptors (Lipinski definition) is 5. The largest absolute Gasteiger partial charge is 0.492 e. The van der Waals surface area contributed by atoms with Crippen LogP contribution in [-0.4, -0.2) is 35.2 Å². The highest BCUT2D eigenvalue weighted by atomic mass is 16.5. The van der Waals surface area contributed by atoms with E-state index in [4.69, 9.17) is 14.6 Å². The Morgan fingerprint density at radius 3 is 2.40 bits per heavy atom. The van der Waals surface area contributed by atoms with Crippen LogP contribution in [-0.2, 0) is 9.53 Å². The summed E-state index contributed by atoms with van der Waals surface area (Å²) < 4.78 is 10.4. The molecule has 0 saturated carbocycles. The lowest BCUT2D eigenvalue weighted by molar-refractivity contribution is -0.137. The number of nitrogens with zero attached hydrogens (tertiary/aromatic N) is 1. The topological polar surface area (TPSA) is 85.7 Å². The summed E-state index contributed by atoms with van der Waals surface area (Å²) in [5.74, 6) is -0.728. The van der Waals surface area contributed by atoms with Crippen LogP contribution in [0.25, 0.3) is 11.3 Å². The lowest BCUT2D eigenvalue weighted by atomic mass is 10.1. The number of carbonyl (C=O) groups excluding carboxylic acids is 1. The number of aromatic nitrogens is 1. The SMILES string of the molecule is C=CC(=O)OCCCCOc1ccc(-c2ccc(C(=O)O)cc2)nc1. The van der Waals surface area contributed by atoms with E-state index in [1.54, 1.807) is 30.5 Å². The zero-order chi connectivity index (χ0) is 18.1. The molecule has 1 aromatic heterocycles. The number of carboxylic acids is 1. The van der Waals surface area contributed by atoms with Crippen molar-refractivity contribution >= 4 is 11.9 Å². The van der Waals surface area contributed by atoms with Crippen LogP contribution in [0.15, 0.2) is 55.3 Å². The Bertz CT molecular complexity index is 722. The molecule has 0 fully saturated rings. The van der Waals surface area contributed by atoms with Crippen LogP contribution in [0.4, 0.5) is 0 Å². The van der Waals surface area contributed by atoms with Crippen LogP contribution in [0.2, 0.25) is 0 Å². The number of esters is 1. The zero-order valence-electron chi connectivity index (χ0n) is 13.7. The number of aromatic carboxylic acids is 1. The van der Waals surface area contributed by atoms with Crippen LogP contribution < -0.4 is 4.74 Å². The van der Waals surface area contributed by atoms with E-state index in [9.17, 15) is 9.59 Å². The van der Waals surface area contributed by atoms with E-state index < -0.39 is 11.9 Å². The highest BCUT2D eigenvalue weighted by Crippen LogP contribution is 2.20. The van der Waals surface area contributed by atoms with Gasteiger partial charge in [-0.2, -0.15) is 0 Å². The van der Waals surface area contributed by atoms with E-state index in [1.165, 1.54) is 0 Å². The van der Waals surface area contributed by atoms with Crippen molar-refractivity contribution in [3.8, 4) is 17.0 Å². The Balaban J connectivity index is 1.78. The molecule has 0 aliphatic rings. The van der Waals surface area contributed by atoms with Gasteiger partial charge in [0.2, 0.25) is 0 Å². The van der Waals surface area contributed by atoms with Gasteiger partial charge in [-0.25, -0.2) is 9.59 Å². The molecule has 2 aromatic rings. The number of ether oxygens (including phenoxy) is 2. The predicted octanol–water partition coefficient (Wildman–Crippen LogP) is 3.34. The molecule has 1 aromatic carbocycles. The predicted molar refractivity (Wildman–Crippen MR) is 92.5 cm³/mol. The van der Waals surface area contributed by atoms with Crippen molar-refractivity contribution in [2.45, 2.75) is 12.8 Å². The first-order chi connectivity index (χ1) is 12.1. The third-order valence-electron chi connectivity index (χ3n) is 3.38. The van der Waals surface area contributed by atoms with Gasteiger partial charge in [-0.1, -0.05) is 18.7 Å². The van der Waals surface area contributed by atoms with Gasteiger partial charge in [0.1, 0.15) is 5.75 Å². The molecule has 0 spiro atoms. The lowest BCUT2D eigenvalue weighted by Crippen LogP contribution is -2.04. The van der Waals surface area contributed by atoms with Crippen molar-refractivity contribution in [3.05, 3.63) is 60.8 Å². The molecule has 1 N–H and O–H groups in total. The standard InChI is InChI=1S/C19H19NO5/c1-2-18(21)25-12-4-3-11-24-16-9-10-17(20-13-16)14-5-7-15(8-6-14)19(22)23/h2,5-10,13H,1,3-4,11-12H2,(H,22,23). The summed E-state index contributed by atoms with van der Waals surface area (Å²) >= 11 is 0. The van der Waals surface area contributed by atoms with Crippen molar-refractivity contribution < 1.29 is 24.2 Å². The van der Waals surface area contributed by atoms with Crippen LogP contribution in [0, 0.1) is 0 Å². The maximum absolute atomic E-state index is 10.9. The van der Waals surface area contributed by atoms with Crippen molar-refractivity contribution in [1.29, 1.82) is 0 Å². The van der Waals surface area contributed by atoms with Gasteiger partial charge in [0.05, 0.1) is 30.7 Å². The summed E-state index contributed by atoms with van der Waals surface area (Å²) in [4.78, 5) is 26.0. The quantitative estimate of drug-likeness (QED) is 0.428. The number of benzene rings is 1. The summed E-state index contributed by atoms with van der Waals surface area (Å²) in [6.45, 7) is 4.17. The lowest BCUT2D eigenvalue weighted by Gasteiger charge is -2.07. The first-order valence-electron chi connectivity index (χ1n) is 7.82. The van der Waals surface area contributed by atoms with Gasteiger partial charge < -0.3 is 14.6 Å². The molecule has 2 rings (SSSR count). The Hall–Kier alpha value is -3.15. The summed E-state index contributed by atoms with van der Waals surface area (Å²) in [5.41, 5.74) is 1.81. The molecular weight excluding hydrogens is 322 g/mol. The molecule has 0 bridgehead atoms. The third-order valence-corrected chi connectivity index (χ3v) is 3.38. The van der Waals surface area contributed by atoms with E-state index in [0.717, 1.165) is 23.8 Å². The second-order valence-corrected chi connectivity index (χ2v) is 5.19. The van der Waals surface area contributed by atoms with Gasteiger partial charge in [0, 0.05) is 11.6 Å². The van der Waals surface area contributed by atoms with Crippen molar-refractivity contribution in [3.63, 3.8) is 0 Å². The van der Waals surface area contributed by atoms with Gasteiger partial charge in [-0.15, -0.1) is 0 Å². The van der Waals surface area contributed by atoms with Crippen molar-refractivity contribution in [2.24, 2.45) is 0 Å². The average Bonchev–Trinajstić information content (AvgIpc) is 2.65. The second-order valence-electron chi connectivity index (χ2n) is 5.19. The van der Waals surface area contributed by atoms with Gasteiger partial charge in [0.15, 0.2) is 0 Å². The van der Waals surface area contributed by atoms with E-state index in [1.807, 2.05) is 12.1 Å². The van der Waals surface area contributed by atoms with E-state index in [0.29, 0.717) is 25.4 Å². The van der Waals surface area contributed by atoms with Crippen molar-refractivity contribution in [1.82, 2.24) is 4.98 Å². The Labute approximate surface area is 145 Å². The number of carbonyl (C=O) groups is 2. The Kier molecular flexibility index (Phi) is 6.71. The zero-order valence-corrected chi connectivity index (χ0v) is 13.7. The van der Waals surface area contributed by atoms with E-state index >= 15 is 0 Å². The van der Waals surface area contributed by atoms with Crippen LogP contribution in [0.1, 0.15) is 23.2 Å². The number of hydrogen-bond donors (Lipinski definition) is 1. The second kappa shape index (κ2) is 9.22. The van der Waals surface area contributed by atoms with Crippen LogP contribution in [0.5, 0.6) is 5.75 Å². The summed E-state index contributed by atoms with van der Waals surface area (Å²) in [5, 5.41) is 8.90. The van der Waals surface area contributed by atoms with E-state index in [2.05, 4.69) is 11.6 Å². The maximum Gasteiger partial charge on any atom is 0.335 e. The molecule has 0 unspecified atom stereocenters. The highest BCUT2D eigenvalue weighted by Gasteiger charge is 2.04.